The molecule has 0 aliphatic carbocycles. The van der Waals surface area contributed by atoms with Gasteiger partial charge in [0.1, 0.15) is 0 Å². The molecule has 1 aromatic rings. The number of halogens is 1. The average Bonchev–Trinajstić information content (AvgIpc) is 2.36. The Morgan fingerprint density at radius 2 is 1.89 bits per heavy atom. The van der Waals surface area contributed by atoms with Crippen LogP contribution in [0, 0.1) is 0 Å². The summed E-state index contributed by atoms with van der Waals surface area (Å²) in [4.78, 5) is 11.3. The van der Waals surface area contributed by atoms with E-state index in [-0.39, 0.29) is 11.5 Å². The van der Waals surface area contributed by atoms with Crippen LogP contribution in [0.1, 0.15) is 18.5 Å². The fourth-order valence-electron chi connectivity index (χ4n) is 1.47. The van der Waals surface area contributed by atoms with E-state index in [1.807, 2.05) is 0 Å². The van der Waals surface area contributed by atoms with Crippen molar-refractivity contribution in [3.05, 3.63) is 29.8 Å². The van der Waals surface area contributed by atoms with Crippen LogP contribution >= 0.6 is 0 Å². The van der Waals surface area contributed by atoms with Gasteiger partial charge >= 0.3 is 5.97 Å². The second kappa shape index (κ2) is 6.12. The normalized spacial score (nSPS) is 14.7. The second-order valence-electron chi connectivity index (χ2n) is 4.02. The lowest BCUT2D eigenvalue weighted by Crippen LogP contribution is -2.31. The first kappa shape index (κ1) is 15.6. The van der Waals surface area contributed by atoms with Crippen LogP contribution in [0.5, 0.6) is 0 Å². The quantitative estimate of drug-likeness (QED) is 0.817. The number of hydrogen-bond donors (Lipinski definition) is 1. The first-order valence-corrected chi connectivity index (χ1v) is 7.52. The molecule has 0 aliphatic rings. The topological polar surface area (TPSA) is 86.5 Å². The maximum absolute atomic E-state index is 13.7. The Bertz CT molecular complexity index is 541. The van der Waals surface area contributed by atoms with Crippen molar-refractivity contribution < 1.29 is 22.3 Å². The van der Waals surface area contributed by atoms with Gasteiger partial charge in [-0.15, -0.1) is 0 Å². The fourth-order valence-corrected chi connectivity index (χ4v) is 2.11. The van der Waals surface area contributed by atoms with Gasteiger partial charge in [-0.05, 0) is 24.6 Å². The number of alkyl halides is 1. The maximum atomic E-state index is 13.7. The van der Waals surface area contributed by atoms with Crippen LogP contribution in [0.4, 0.5) is 4.39 Å². The van der Waals surface area contributed by atoms with E-state index >= 15 is 0 Å². The lowest BCUT2D eigenvalue weighted by Gasteiger charge is -2.16. The molecule has 0 heterocycles. The maximum Gasteiger partial charge on any atom is 0.342 e. The van der Waals surface area contributed by atoms with Crippen LogP contribution in [0.3, 0.4) is 0 Å². The number of ether oxygens (including phenoxy) is 1. The SMILES string of the molecule is CCOC(=O)C(F)[C@H](N)c1ccc(S(C)(=O)=O)cc1. The molecule has 0 spiro atoms. The first-order valence-electron chi connectivity index (χ1n) is 5.63. The Hall–Kier alpha value is -1.47. The van der Waals surface area contributed by atoms with Gasteiger partial charge in [0.15, 0.2) is 9.84 Å². The average molecular weight is 289 g/mol. The predicted molar refractivity (Wildman–Crippen MR) is 68.0 cm³/mol. The summed E-state index contributed by atoms with van der Waals surface area (Å²) in [5, 5.41) is 0. The number of benzene rings is 1. The van der Waals surface area contributed by atoms with E-state index in [1.165, 1.54) is 24.3 Å². The lowest BCUT2D eigenvalue weighted by atomic mass is 10.0. The third kappa shape index (κ3) is 4.00. The summed E-state index contributed by atoms with van der Waals surface area (Å²) in [6, 6.07) is 4.22. The van der Waals surface area contributed by atoms with Gasteiger partial charge in [-0.25, -0.2) is 17.6 Å². The van der Waals surface area contributed by atoms with Gasteiger partial charge in [-0.2, -0.15) is 0 Å². The Morgan fingerprint density at radius 3 is 2.32 bits per heavy atom. The van der Waals surface area contributed by atoms with E-state index in [0.29, 0.717) is 5.56 Å². The third-order valence-corrected chi connectivity index (χ3v) is 3.65. The van der Waals surface area contributed by atoms with E-state index in [9.17, 15) is 17.6 Å². The van der Waals surface area contributed by atoms with Crippen LogP contribution in [0.25, 0.3) is 0 Å². The monoisotopic (exact) mass is 289 g/mol. The van der Waals surface area contributed by atoms with Crippen molar-refractivity contribution in [1.82, 2.24) is 0 Å². The highest BCUT2D eigenvalue weighted by atomic mass is 32.2. The molecule has 0 saturated carbocycles. The van der Waals surface area contributed by atoms with Gasteiger partial charge in [-0.3, -0.25) is 0 Å². The van der Waals surface area contributed by atoms with Crippen molar-refractivity contribution in [3.8, 4) is 0 Å². The molecule has 0 radical (unpaired) electrons. The second-order valence-corrected chi connectivity index (χ2v) is 6.04. The van der Waals surface area contributed by atoms with Crippen molar-refractivity contribution in [3.63, 3.8) is 0 Å². The van der Waals surface area contributed by atoms with Gasteiger partial charge in [-0.1, -0.05) is 12.1 Å². The predicted octanol–water partition coefficient (Wildman–Crippen LogP) is 0.991. The van der Waals surface area contributed by atoms with Crippen LogP contribution in [0.15, 0.2) is 29.2 Å². The number of rotatable bonds is 5. The van der Waals surface area contributed by atoms with Gasteiger partial charge < -0.3 is 10.5 Å². The molecule has 1 unspecified atom stereocenters. The fraction of sp³-hybridized carbons (Fsp3) is 0.417. The highest BCUT2D eigenvalue weighted by Crippen LogP contribution is 2.20. The van der Waals surface area contributed by atoms with Crippen LogP contribution < -0.4 is 5.73 Å². The van der Waals surface area contributed by atoms with Crippen LogP contribution in [-0.2, 0) is 19.4 Å². The highest BCUT2D eigenvalue weighted by Gasteiger charge is 2.27. The standard InChI is InChI=1S/C12H16FNO4S/c1-3-18-12(15)10(13)11(14)8-4-6-9(7-5-8)19(2,16)17/h4-7,10-11H,3,14H2,1-2H3/t10?,11-/m1/s1. The van der Waals surface area contributed by atoms with E-state index in [0.717, 1.165) is 6.26 Å². The first-order chi connectivity index (χ1) is 8.77. The molecule has 5 nitrogen and oxygen atoms in total. The molecule has 19 heavy (non-hydrogen) atoms. The van der Waals surface area contributed by atoms with Crippen molar-refractivity contribution in [2.75, 3.05) is 12.9 Å². The minimum atomic E-state index is -3.32. The summed E-state index contributed by atoms with van der Waals surface area (Å²) in [7, 11) is -3.32. The molecule has 0 amide bonds. The molecular formula is C12H16FNO4S. The van der Waals surface area contributed by atoms with E-state index in [1.54, 1.807) is 6.92 Å². The molecule has 7 heteroatoms. The number of sulfone groups is 1. The number of nitrogens with two attached hydrogens (primary N) is 1. The molecule has 2 N–H and O–H groups in total. The summed E-state index contributed by atoms with van der Waals surface area (Å²) in [5.41, 5.74) is 5.93. The Kier molecular flexibility index (Phi) is 5.02. The summed E-state index contributed by atoms with van der Waals surface area (Å²) < 4.78 is 40.7. The summed E-state index contributed by atoms with van der Waals surface area (Å²) in [6.45, 7) is 1.63. The van der Waals surface area contributed by atoms with Crippen molar-refractivity contribution in [2.24, 2.45) is 5.73 Å². The largest absolute Gasteiger partial charge is 0.464 e. The smallest absolute Gasteiger partial charge is 0.342 e. The minimum Gasteiger partial charge on any atom is -0.464 e. The zero-order chi connectivity index (χ0) is 14.6. The molecule has 106 valence electrons. The van der Waals surface area contributed by atoms with E-state index in [2.05, 4.69) is 4.74 Å². The van der Waals surface area contributed by atoms with Crippen molar-refractivity contribution in [1.29, 1.82) is 0 Å². The summed E-state index contributed by atoms with van der Waals surface area (Å²) in [6.07, 6.45) is -0.914. The van der Waals surface area contributed by atoms with E-state index < -0.39 is 28.0 Å². The molecule has 0 fully saturated rings. The van der Waals surface area contributed by atoms with Crippen LogP contribution in [-0.4, -0.2) is 33.4 Å². The Labute approximate surface area is 111 Å². The third-order valence-electron chi connectivity index (χ3n) is 2.52. The zero-order valence-corrected chi connectivity index (χ0v) is 11.5. The number of hydrogen-bond acceptors (Lipinski definition) is 5. The lowest BCUT2D eigenvalue weighted by molar-refractivity contribution is -0.149. The van der Waals surface area contributed by atoms with Crippen molar-refractivity contribution in [2.45, 2.75) is 24.0 Å². The van der Waals surface area contributed by atoms with Gasteiger partial charge in [0.2, 0.25) is 6.17 Å². The molecule has 0 aromatic heterocycles. The number of esters is 1. The minimum absolute atomic E-state index is 0.0684. The zero-order valence-electron chi connectivity index (χ0n) is 10.7. The summed E-state index contributed by atoms with van der Waals surface area (Å²) in [5.74, 6) is -1.03. The Balaban J connectivity index is 2.89. The van der Waals surface area contributed by atoms with Gasteiger partial charge in [0.25, 0.3) is 0 Å². The summed E-state index contributed by atoms with van der Waals surface area (Å²) >= 11 is 0. The number of carbonyl (C=O) groups is 1. The molecule has 2 atom stereocenters. The van der Waals surface area contributed by atoms with Crippen molar-refractivity contribution >= 4 is 15.8 Å². The van der Waals surface area contributed by atoms with Crippen LogP contribution in [0.2, 0.25) is 0 Å². The Morgan fingerprint density at radius 1 is 1.37 bits per heavy atom. The molecule has 1 rings (SSSR count). The number of carbonyl (C=O) groups excluding carboxylic acids is 1. The van der Waals surface area contributed by atoms with Gasteiger partial charge in [0, 0.05) is 6.26 Å². The molecule has 0 aliphatic heterocycles. The van der Waals surface area contributed by atoms with E-state index in [4.69, 9.17) is 5.73 Å². The van der Waals surface area contributed by atoms with Gasteiger partial charge in [0.05, 0.1) is 17.5 Å². The molecule has 0 saturated heterocycles. The highest BCUT2D eigenvalue weighted by molar-refractivity contribution is 7.90. The molecular weight excluding hydrogens is 273 g/mol. The molecule has 0 bridgehead atoms. The molecule has 1 aromatic carbocycles.